The number of rotatable bonds is 6. The second kappa shape index (κ2) is 9.49. The number of piperazine rings is 1. The number of thiazole rings is 1. The number of amides is 2. The molecule has 7 nitrogen and oxygen atoms in total. The zero-order valence-corrected chi connectivity index (χ0v) is 17.3. The Bertz CT molecular complexity index is 985. The molecule has 30 heavy (non-hydrogen) atoms. The van der Waals surface area contributed by atoms with Gasteiger partial charge >= 0.3 is 0 Å². The first-order valence-electron chi connectivity index (χ1n) is 9.93. The van der Waals surface area contributed by atoms with Crippen LogP contribution in [0.4, 0.5) is 10.9 Å². The summed E-state index contributed by atoms with van der Waals surface area (Å²) in [7, 11) is 0. The Kier molecular flexibility index (Phi) is 6.34. The van der Waals surface area contributed by atoms with Gasteiger partial charge in [-0.25, -0.2) is 9.97 Å². The molecule has 154 valence electrons. The highest BCUT2D eigenvalue weighted by Crippen LogP contribution is 2.19. The fraction of sp³-hybridized carbons (Fsp3) is 0.273. The summed E-state index contributed by atoms with van der Waals surface area (Å²) in [6.45, 7) is 2.70. The number of carbonyl (C=O) groups excluding carboxylic acids is 2. The molecule has 8 heteroatoms. The van der Waals surface area contributed by atoms with Crippen molar-refractivity contribution in [2.24, 2.45) is 0 Å². The van der Waals surface area contributed by atoms with Crippen molar-refractivity contribution in [2.75, 3.05) is 36.4 Å². The smallest absolute Gasteiger partial charge is 0.273 e. The Labute approximate surface area is 179 Å². The average molecular weight is 422 g/mol. The molecule has 0 bridgehead atoms. The van der Waals surface area contributed by atoms with E-state index in [0.29, 0.717) is 36.8 Å². The van der Waals surface area contributed by atoms with E-state index in [1.54, 1.807) is 16.5 Å². The lowest BCUT2D eigenvalue weighted by Gasteiger charge is -2.35. The zero-order valence-electron chi connectivity index (χ0n) is 16.5. The van der Waals surface area contributed by atoms with Gasteiger partial charge < -0.3 is 15.1 Å². The van der Waals surface area contributed by atoms with Crippen LogP contribution in [0.25, 0.3) is 0 Å². The standard InChI is InChI=1S/C22H23N5O2S/c28-20(10-9-17-6-2-1-3-7-17)25-22-24-18(16-30-22)21(29)27-14-12-26(13-15-27)19-8-4-5-11-23-19/h1-8,11,16H,9-10,12-15H2,(H,24,25,28). The molecule has 2 amide bonds. The highest BCUT2D eigenvalue weighted by Gasteiger charge is 2.24. The summed E-state index contributed by atoms with van der Waals surface area (Å²) in [6.07, 6.45) is 2.82. The van der Waals surface area contributed by atoms with E-state index < -0.39 is 0 Å². The fourth-order valence-corrected chi connectivity index (χ4v) is 4.06. The molecule has 3 aromatic rings. The van der Waals surface area contributed by atoms with Gasteiger partial charge in [0.1, 0.15) is 11.5 Å². The van der Waals surface area contributed by atoms with Gasteiger partial charge in [0.15, 0.2) is 5.13 Å². The van der Waals surface area contributed by atoms with Gasteiger partial charge in [-0.2, -0.15) is 0 Å². The number of nitrogens with zero attached hydrogens (tertiary/aromatic N) is 4. The van der Waals surface area contributed by atoms with Crippen molar-refractivity contribution in [3.63, 3.8) is 0 Å². The summed E-state index contributed by atoms with van der Waals surface area (Å²) < 4.78 is 0. The van der Waals surface area contributed by atoms with Crippen LogP contribution in [0.15, 0.2) is 60.1 Å². The quantitative estimate of drug-likeness (QED) is 0.662. The number of carbonyl (C=O) groups is 2. The van der Waals surface area contributed by atoms with Crippen molar-refractivity contribution in [1.29, 1.82) is 0 Å². The van der Waals surface area contributed by atoms with Crippen LogP contribution in [0.5, 0.6) is 0 Å². The van der Waals surface area contributed by atoms with E-state index >= 15 is 0 Å². The molecule has 4 rings (SSSR count). The number of nitrogens with one attached hydrogen (secondary N) is 1. The maximum atomic E-state index is 12.8. The number of benzene rings is 1. The Hall–Kier alpha value is -3.26. The lowest BCUT2D eigenvalue weighted by molar-refractivity contribution is -0.116. The van der Waals surface area contributed by atoms with Crippen LogP contribution in [-0.4, -0.2) is 52.9 Å². The van der Waals surface area contributed by atoms with Crippen molar-refractivity contribution in [2.45, 2.75) is 12.8 Å². The molecule has 2 aromatic heterocycles. The van der Waals surface area contributed by atoms with Gasteiger partial charge in [0.05, 0.1) is 0 Å². The van der Waals surface area contributed by atoms with Gasteiger partial charge in [-0.3, -0.25) is 9.59 Å². The first kappa shape index (κ1) is 20.0. The molecule has 0 atom stereocenters. The van der Waals surface area contributed by atoms with E-state index in [2.05, 4.69) is 20.2 Å². The van der Waals surface area contributed by atoms with Gasteiger partial charge in [-0.15, -0.1) is 11.3 Å². The van der Waals surface area contributed by atoms with E-state index in [1.165, 1.54) is 11.3 Å². The minimum atomic E-state index is -0.101. The number of hydrogen-bond acceptors (Lipinski definition) is 6. The Balaban J connectivity index is 1.27. The highest BCUT2D eigenvalue weighted by molar-refractivity contribution is 7.14. The van der Waals surface area contributed by atoms with Crippen LogP contribution in [0.3, 0.4) is 0 Å². The summed E-state index contributed by atoms with van der Waals surface area (Å²) in [6, 6.07) is 15.7. The van der Waals surface area contributed by atoms with Crippen molar-refractivity contribution in [1.82, 2.24) is 14.9 Å². The van der Waals surface area contributed by atoms with E-state index in [4.69, 9.17) is 0 Å². The average Bonchev–Trinajstić information content (AvgIpc) is 3.27. The number of aryl methyl sites for hydroxylation is 1. The molecule has 1 aliphatic rings. The lowest BCUT2D eigenvalue weighted by Crippen LogP contribution is -2.49. The Morgan fingerprint density at radius 3 is 2.50 bits per heavy atom. The predicted molar refractivity (Wildman–Crippen MR) is 118 cm³/mol. The fourth-order valence-electron chi connectivity index (χ4n) is 3.36. The third-order valence-electron chi connectivity index (χ3n) is 4.99. The second-order valence-electron chi connectivity index (χ2n) is 7.04. The summed E-state index contributed by atoms with van der Waals surface area (Å²) in [4.78, 5) is 37.6. The maximum Gasteiger partial charge on any atom is 0.273 e. The molecule has 1 fully saturated rings. The van der Waals surface area contributed by atoms with E-state index in [1.807, 2.05) is 48.5 Å². The molecule has 3 heterocycles. The van der Waals surface area contributed by atoms with Crippen LogP contribution >= 0.6 is 11.3 Å². The Morgan fingerprint density at radius 1 is 1.00 bits per heavy atom. The first-order valence-corrected chi connectivity index (χ1v) is 10.8. The van der Waals surface area contributed by atoms with Gasteiger partial charge in [0, 0.05) is 44.2 Å². The summed E-state index contributed by atoms with van der Waals surface area (Å²) in [5.74, 6) is 0.728. The minimum Gasteiger partial charge on any atom is -0.353 e. The van der Waals surface area contributed by atoms with Crippen LogP contribution in [0, 0.1) is 0 Å². The van der Waals surface area contributed by atoms with E-state index in [9.17, 15) is 9.59 Å². The topological polar surface area (TPSA) is 78.4 Å². The highest BCUT2D eigenvalue weighted by atomic mass is 32.1. The van der Waals surface area contributed by atoms with Crippen molar-refractivity contribution >= 4 is 34.1 Å². The van der Waals surface area contributed by atoms with Crippen LogP contribution in [-0.2, 0) is 11.2 Å². The molecule has 1 N–H and O–H groups in total. The molecule has 1 saturated heterocycles. The lowest BCUT2D eigenvalue weighted by atomic mass is 10.1. The molecule has 0 radical (unpaired) electrons. The van der Waals surface area contributed by atoms with Crippen molar-refractivity contribution in [3.05, 3.63) is 71.4 Å². The number of anilines is 2. The van der Waals surface area contributed by atoms with Crippen LogP contribution < -0.4 is 10.2 Å². The van der Waals surface area contributed by atoms with E-state index in [-0.39, 0.29) is 11.8 Å². The molecule has 1 aromatic carbocycles. The first-order chi connectivity index (χ1) is 14.7. The van der Waals surface area contributed by atoms with Crippen molar-refractivity contribution < 1.29 is 9.59 Å². The molecule has 0 spiro atoms. The van der Waals surface area contributed by atoms with Gasteiger partial charge in [0.25, 0.3) is 5.91 Å². The predicted octanol–water partition coefficient (Wildman–Crippen LogP) is 3.07. The van der Waals surface area contributed by atoms with Gasteiger partial charge in [0.2, 0.25) is 5.91 Å². The summed E-state index contributed by atoms with van der Waals surface area (Å²) in [5.41, 5.74) is 1.50. The molecule has 0 aliphatic carbocycles. The molecular weight excluding hydrogens is 398 g/mol. The Morgan fingerprint density at radius 2 is 1.77 bits per heavy atom. The van der Waals surface area contributed by atoms with Gasteiger partial charge in [-0.05, 0) is 24.1 Å². The summed E-state index contributed by atoms with van der Waals surface area (Å²) in [5, 5.41) is 4.97. The van der Waals surface area contributed by atoms with E-state index in [0.717, 1.165) is 24.5 Å². The molecule has 1 aliphatic heterocycles. The summed E-state index contributed by atoms with van der Waals surface area (Å²) >= 11 is 1.28. The molecule has 0 saturated carbocycles. The SMILES string of the molecule is O=C(CCc1ccccc1)Nc1nc(C(=O)N2CCN(c3ccccn3)CC2)cs1. The van der Waals surface area contributed by atoms with Crippen LogP contribution in [0.1, 0.15) is 22.5 Å². The monoisotopic (exact) mass is 421 g/mol. The number of hydrogen-bond donors (Lipinski definition) is 1. The number of pyridine rings is 1. The normalized spacial score (nSPS) is 13.9. The largest absolute Gasteiger partial charge is 0.353 e. The number of aromatic nitrogens is 2. The van der Waals surface area contributed by atoms with Gasteiger partial charge in [-0.1, -0.05) is 36.4 Å². The second-order valence-corrected chi connectivity index (χ2v) is 7.90. The zero-order chi connectivity index (χ0) is 20.8. The molecular formula is C22H23N5O2S. The minimum absolute atomic E-state index is 0.100. The third-order valence-corrected chi connectivity index (χ3v) is 5.75. The van der Waals surface area contributed by atoms with Crippen molar-refractivity contribution in [3.8, 4) is 0 Å². The maximum absolute atomic E-state index is 12.8. The third kappa shape index (κ3) is 5.01. The van der Waals surface area contributed by atoms with Crippen LogP contribution in [0.2, 0.25) is 0 Å². The molecule has 0 unspecified atom stereocenters.